The molecule has 0 spiro atoms. The number of hydrogen-bond donors (Lipinski definition) is 2. The van der Waals surface area contributed by atoms with E-state index < -0.39 is 0 Å². The van der Waals surface area contributed by atoms with Gasteiger partial charge in [-0.25, -0.2) is 9.97 Å². The molecule has 6 nitrogen and oxygen atoms in total. The van der Waals surface area contributed by atoms with Crippen LogP contribution in [0.2, 0.25) is 0 Å². The summed E-state index contributed by atoms with van der Waals surface area (Å²) in [4.78, 5) is 8.74. The van der Waals surface area contributed by atoms with Crippen molar-refractivity contribution in [3.63, 3.8) is 0 Å². The Morgan fingerprint density at radius 3 is 3.00 bits per heavy atom. The molecule has 0 unspecified atom stereocenters. The summed E-state index contributed by atoms with van der Waals surface area (Å²) >= 11 is 0. The highest BCUT2D eigenvalue weighted by molar-refractivity contribution is 5.90. The number of nitrogens with zero attached hydrogens (tertiary/aromatic N) is 3. The quantitative estimate of drug-likeness (QED) is 0.769. The maximum Gasteiger partial charge on any atom is 0.156 e. The van der Waals surface area contributed by atoms with Crippen LogP contribution < -0.4 is 10.6 Å². The summed E-state index contributed by atoms with van der Waals surface area (Å²) in [5.74, 6) is 2.16. The molecule has 1 fully saturated rings. The average Bonchev–Trinajstić information content (AvgIpc) is 3.10. The SMILES string of the molecule is Cc1cccc2c(NCc3cc(C4CCNCC4)no3)ncnc12. The van der Waals surface area contributed by atoms with E-state index in [1.165, 1.54) is 0 Å². The number of aromatic nitrogens is 3. The molecule has 0 atom stereocenters. The minimum absolute atomic E-state index is 0.506. The fourth-order valence-electron chi connectivity index (χ4n) is 3.27. The van der Waals surface area contributed by atoms with E-state index >= 15 is 0 Å². The highest BCUT2D eigenvalue weighted by atomic mass is 16.5. The standard InChI is InChI=1S/C18H21N5O/c1-12-3-2-4-15-17(12)21-11-22-18(15)20-10-14-9-16(23-24-14)13-5-7-19-8-6-13/h2-4,9,11,13,19H,5-8,10H2,1H3,(H,20,21,22). The first-order valence-electron chi connectivity index (χ1n) is 8.41. The molecule has 3 aromatic rings. The van der Waals surface area contributed by atoms with Gasteiger partial charge in [-0.3, -0.25) is 0 Å². The molecular formula is C18H21N5O. The van der Waals surface area contributed by atoms with Crippen LogP contribution in [0.4, 0.5) is 5.82 Å². The maximum atomic E-state index is 5.50. The van der Waals surface area contributed by atoms with Crippen LogP contribution in [0.3, 0.4) is 0 Å². The van der Waals surface area contributed by atoms with E-state index in [-0.39, 0.29) is 0 Å². The van der Waals surface area contributed by atoms with E-state index in [1.807, 2.05) is 12.1 Å². The first-order valence-corrected chi connectivity index (χ1v) is 8.41. The van der Waals surface area contributed by atoms with Gasteiger partial charge in [0.15, 0.2) is 5.76 Å². The monoisotopic (exact) mass is 323 g/mol. The number of rotatable bonds is 4. The van der Waals surface area contributed by atoms with Gasteiger partial charge < -0.3 is 15.2 Å². The minimum atomic E-state index is 0.506. The zero-order valence-electron chi connectivity index (χ0n) is 13.7. The largest absolute Gasteiger partial charge is 0.362 e. The molecule has 1 aliphatic rings. The molecule has 6 heteroatoms. The van der Waals surface area contributed by atoms with Gasteiger partial charge in [-0.05, 0) is 44.5 Å². The molecule has 1 saturated heterocycles. The lowest BCUT2D eigenvalue weighted by atomic mass is 9.95. The van der Waals surface area contributed by atoms with E-state index in [2.05, 4.69) is 44.8 Å². The van der Waals surface area contributed by atoms with Crippen LogP contribution in [0.25, 0.3) is 10.9 Å². The van der Waals surface area contributed by atoms with Crippen LogP contribution in [-0.2, 0) is 6.54 Å². The van der Waals surface area contributed by atoms with E-state index in [0.717, 1.165) is 59.7 Å². The van der Waals surface area contributed by atoms with Gasteiger partial charge in [-0.1, -0.05) is 17.3 Å². The topological polar surface area (TPSA) is 75.9 Å². The molecule has 124 valence electrons. The van der Waals surface area contributed by atoms with Crippen molar-refractivity contribution < 1.29 is 4.52 Å². The summed E-state index contributed by atoms with van der Waals surface area (Å²) in [5, 5.41) is 12.0. The highest BCUT2D eigenvalue weighted by Crippen LogP contribution is 2.26. The molecule has 3 heterocycles. The summed E-state index contributed by atoms with van der Waals surface area (Å²) in [7, 11) is 0. The third-order valence-electron chi connectivity index (χ3n) is 4.63. The number of hydrogen-bond acceptors (Lipinski definition) is 6. The van der Waals surface area contributed by atoms with Gasteiger partial charge in [-0.2, -0.15) is 0 Å². The van der Waals surface area contributed by atoms with Crippen LogP contribution >= 0.6 is 0 Å². The predicted molar refractivity (Wildman–Crippen MR) is 92.9 cm³/mol. The van der Waals surface area contributed by atoms with Crippen molar-refractivity contribution in [2.75, 3.05) is 18.4 Å². The lowest BCUT2D eigenvalue weighted by molar-refractivity contribution is 0.365. The first-order chi connectivity index (χ1) is 11.8. The zero-order chi connectivity index (χ0) is 16.4. The van der Waals surface area contributed by atoms with Crippen LogP contribution in [0.1, 0.15) is 35.8 Å². The van der Waals surface area contributed by atoms with Crippen molar-refractivity contribution in [2.45, 2.75) is 32.2 Å². The second-order valence-electron chi connectivity index (χ2n) is 6.29. The number of anilines is 1. The van der Waals surface area contributed by atoms with Gasteiger partial charge in [-0.15, -0.1) is 0 Å². The third kappa shape index (κ3) is 2.97. The van der Waals surface area contributed by atoms with Crippen LogP contribution in [0.5, 0.6) is 0 Å². The lowest BCUT2D eigenvalue weighted by Gasteiger charge is -2.19. The smallest absolute Gasteiger partial charge is 0.156 e. The molecule has 0 amide bonds. The van der Waals surface area contributed by atoms with Crippen molar-refractivity contribution in [1.29, 1.82) is 0 Å². The molecule has 4 rings (SSSR count). The predicted octanol–water partition coefficient (Wildman–Crippen LogP) is 3.01. The molecule has 0 saturated carbocycles. The number of benzene rings is 1. The number of fused-ring (bicyclic) bond motifs is 1. The minimum Gasteiger partial charge on any atom is -0.362 e. The molecule has 0 aliphatic carbocycles. The van der Waals surface area contributed by atoms with Gasteiger partial charge >= 0.3 is 0 Å². The summed E-state index contributed by atoms with van der Waals surface area (Å²) in [6.07, 6.45) is 3.84. The lowest BCUT2D eigenvalue weighted by Crippen LogP contribution is -2.26. The van der Waals surface area contributed by atoms with Crippen molar-refractivity contribution in [3.8, 4) is 0 Å². The first kappa shape index (κ1) is 15.1. The van der Waals surface area contributed by atoms with E-state index in [1.54, 1.807) is 6.33 Å². The van der Waals surface area contributed by atoms with E-state index in [0.29, 0.717) is 12.5 Å². The van der Waals surface area contributed by atoms with Gasteiger partial charge in [0.1, 0.15) is 12.1 Å². The fraction of sp³-hybridized carbons (Fsp3) is 0.389. The number of para-hydroxylation sites is 1. The third-order valence-corrected chi connectivity index (χ3v) is 4.63. The fourth-order valence-corrected chi connectivity index (χ4v) is 3.27. The number of piperidine rings is 1. The Hall–Kier alpha value is -2.47. The second-order valence-corrected chi connectivity index (χ2v) is 6.29. The zero-order valence-corrected chi connectivity index (χ0v) is 13.7. The highest BCUT2D eigenvalue weighted by Gasteiger charge is 2.19. The van der Waals surface area contributed by atoms with Crippen molar-refractivity contribution >= 4 is 16.7 Å². The van der Waals surface area contributed by atoms with Gasteiger partial charge in [0.25, 0.3) is 0 Å². The van der Waals surface area contributed by atoms with Crippen LogP contribution in [-0.4, -0.2) is 28.2 Å². The van der Waals surface area contributed by atoms with Crippen molar-refractivity contribution in [3.05, 3.63) is 47.6 Å². The Kier molecular flexibility index (Phi) is 4.13. The van der Waals surface area contributed by atoms with Gasteiger partial charge in [0.05, 0.1) is 17.8 Å². The van der Waals surface area contributed by atoms with E-state index in [9.17, 15) is 0 Å². The van der Waals surface area contributed by atoms with Crippen LogP contribution in [0, 0.1) is 6.92 Å². The Balaban J connectivity index is 1.49. The molecular weight excluding hydrogens is 302 g/mol. The average molecular weight is 323 g/mol. The molecule has 24 heavy (non-hydrogen) atoms. The normalized spacial score (nSPS) is 15.7. The van der Waals surface area contributed by atoms with E-state index in [4.69, 9.17) is 4.52 Å². The van der Waals surface area contributed by atoms with Gasteiger partial charge in [0.2, 0.25) is 0 Å². The molecule has 2 N–H and O–H groups in total. The molecule has 2 aromatic heterocycles. The Morgan fingerprint density at radius 1 is 1.25 bits per heavy atom. The summed E-state index contributed by atoms with van der Waals surface area (Å²) in [5.41, 5.74) is 3.19. The molecule has 0 radical (unpaired) electrons. The Bertz CT molecular complexity index is 838. The molecule has 1 aromatic carbocycles. The Morgan fingerprint density at radius 2 is 2.12 bits per heavy atom. The Labute approximate surface area is 140 Å². The van der Waals surface area contributed by atoms with Crippen molar-refractivity contribution in [1.82, 2.24) is 20.4 Å². The summed E-state index contributed by atoms with van der Waals surface area (Å²) < 4.78 is 5.50. The van der Waals surface area contributed by atoms with Crippen molar-refractivity contribution in [2.24, 2.45) is 0 Å². The summed E-state index contributed by atoms with van der Waals surface area (Å²) in [6, 6.07) is 8.18. The second kappa shape index (κ2) is 6.57. The number of nitrogens with one attached hydrogen (secondary N) is 2. The maximum absolute atomic E-state index is 5.50. The van der Waals surface area contributed by atoms with Crippen LogP contribution in [0.15, 0.2) is 35.1 Å². The van der Waals surface area contributed by atoms with Gasteiger partial charge in [0, 0.05) is 17.4 Å². The number of aryl methyl sites for hydroxylation is 1. The molecule has 0 bridgehead atoms. The molecule has 1 aliphatic heterocycles. The summed E-state index contributed by atoms with van der Waals surface area (Å²) in [6.45, 7) is 4.73.